The van der Waals surface area contributed by atoms with E-state index in [1.165, 1.54) is 6.33 Å². The van der Waals surface area contributed by atoms with Crippen molar-refractivity contribution in [1.29, 1.82) is 0 Å². The first-order valence-corrected chi connectivity index (χ1v) is 7.87. The van der Waals surface area contributed by atoms with Gasteiger partial charge >= 0.3 is 0 Å². The molecule has 0 aliphatic heterocycles. The van der Waals surface area contributed by atoms with Crippen LogP contribution in [0.1, 0.15) is 11.1 Å². The largest absolute Gasteiger partial charge is 0.497 e. The number of hydrogen-bond donors (Lipinski definition) is 2. The highest BCUT2D eigenvalue weighted by Crippen LogP contribution is 2.29. The lowest BCUT2D eigenvalue weighted by Crippen LogP contribution is -2.06. The molecule has 1 heterocycles. The summed E-state index contributed by atoms with van der Waals surface area (Å²) in [7, 11) is 1.64. The molecule has 1 aromatic heterocycles. The second-order valence-electron chi connectivity index (χ2n) is 5.56. The van der Waals surface area contributed by atoms with Gasteiger partial charge in [-0.3, -0.25) is 0 Å². The highest BCUT2D eigenvalue weighted by Gasteiger charge is 2.10. The molecule has 6 nitrogen and oxygen atoms in total. The zero-order chi connectivity index (χ0) is 17.6. The first kappa shape index (κ1) is 16.6. The van der Waals surface area contributed by atoms with E-state index in [4.69, 9.17) is 15.2 Å². The highest BCUT2D eigenvalue weighted by atomic mass is 16.5. The van der Waals surface area contributed by atoms with Crippen molar-refractivity contribution in [3.05, 3.63) is 66.0 Å². The molecule has 25 heavy (non-hydrogen) atoms. The van der Waals surface area contributed by atoms with E-state index in [0.717, 1.165) is 16.9 Å². The Morgan fingerprint density at radius 1 is 0.960 bits per heavy atom. The predicted molar refractivity (Wildman–Crippen MR) is 98.0 cm³/mol. The maximum Gasteiger partial charge on any atom is 0.248 e. The van der Waals surface area contributed by atoms with Crippen LogP contribution in [-0.2, 0) is 6.54 Å². The molecule has 3 aromatic rings. The molecule has 3 N–H and O–H groups in total. The zero-order valence-corrected chi connectivity index (χ0v) is 14.2. The number of benzene rings is 2. The number of aryl methyl sites for hydroxylation is 1. The van der Waals surface area contributed by atoms with Gasteiger partial charge in [-0.05, 0) is 36.8 Å². The van der Waals surface area contributed by atoms with Gasteiger partial charge in [-0.1, -0.05) is 29.8 Å². The number of hydrogen-bond acceptors (Lipinski definition) is 6. The SMILES string of the molecule is COc1ccc(CNc2ncnc(Oc3ccc(C)cc3)c2N)cc1. The van der Waals surface area contributed by atoms with Gasteiger partial charge in [0, 0.05) is 6.54 Å². The standard InChI is InChI=1S/C19H20N4O2/c1-13-3-7-16(8-4-13)25-19-17(20)18(22-12-23-19)21-11-14-5-9-15(24-2)10-6-14/h3-10,12H,11,20H2,1-2H3,(H,21,22,23). The maximum absolute atomic E-state index is 6.14. The van der Waals surface area contributed by atoms with Crippen LogP contribution in [-0.4, -0.2) is 17.1 Å². The van der Waals surface area contributed by atoms with Crippen molar-refractivity contribution in [2.24, 2.45) is 0 Å². The first-order chi connectivity index (χ1) is 12.2. The number of ether oxygens (including phenoxy) is 2. The molecule has 0 aliphatic rings. The molecule has 0 spiro atoms. The summed E-state index contributed by atoms with van der Waals surface area (Å²) < 4.78 is 10.9. The molecule has 0 unspecified atom stereocenters. The summed E-state index contributed by atoms with van der Waals surface area (Å²) in [4.78, 5) is 8.31. The number of nitrogen functional groups attached to an aromatic ring is 1. The Bertz CT molecular complexity index is 833. The van der Waals surface area contributed by atoms with E-state index in [9.17, 15) is 0 Å². The molecule has 2 aromatic carbocycles. The van der Waals surface area contributed by atoms with Gasteiger partial charge in [-0.15, -0.1) is 0 Å². The molecule has 6 heteroatoms. The summed E-state index contributed by atoms with van der Waals surface area (Å²) in [5.41, 5.74) is 8.75. The van der Waals surface area contributed by atoms with Crippen molar-refractivity contribution in [1.82, 2.24) is 9.97 Å². The summed E-state index contributed by atoms with van der Waals surface area (Å²) >= 11 is 0. The van der Waals surface area contributed by atoms with Crippen LogP contribution >= 0.6 is 0 Å². The van der Waals surface area contributed by atoms with E-state index in [1.54, 1.807) is 7.11 Å². The smallest absolute Gasteiger partial charge is 0.248 e. The van der Waals surface area contributed by atoms with Crippen molar-refractivity contribution in [2.45, 2.75) is 13.5 Å². The van der Waals surface area contributed by atoms with Crippen LogP contribution in [0, 0.1) is 6.92 Å². The van der Waals surface area contributed by atoms with Gasteiger partial charge < -0.3 is 20.5 Å². The Morgan fingerprint density at radius 2 is 1.64 bits per heavy atom. The topological polar surface area (TPSA) is 82.3 Å². The number of nitrogens with two attached hydrogens (primary N) is 1. The van der Waals surface area contributed by atoms with Crippen LogP contribution in [0.2, 0.25) is 0 Å². The maximum atomic E-state index is 6.14. The highest BCUT2D eigenvalue weighted by molar-refractivity contribution is 5.67. The lowest BCUT2D eigenvalue weighted by atomic mass is 10.2. The number of rotatable bonds is 6. The first-order valence-electron chi connectivity index (χ1n) is 7.87. The molecule has 0 bridgehead atoms. The fraction of sp³-hybridized carbons (Fsp3) is 0.158. The molecule has 128 valence electrons. The molecular weight excluding hydrogens is 316 g/mol. The van der Waals surface area contributed by atoms with Gasteiger partial charge in [0.2, 0.25) is 5.88 Å². The third kappa shape index (κ3) is 4.17. The second kappa shape index (κ2) is 7.53. The number of aromatic nitrogens is 2. The van der Waals surface area contributed by atoms with E-state index in [1.807, 2.05) is 55.5 Å². The number of anilines is 2. The molecule has 0 amide bonds. The van der Waals surface area contributed by atoms with Gasteiger partial charge in [0.1, 0.15) is 23.5 Å². The van der Waals surface area contributed by atoms with Crippen molar-refractivity contribution in [3.8, 4) is 17.4 Å². The summed E-state index contributed by atoms with van der Waals surface area (Å²) in [5.74, 6) is 2.36. The minimum atomic E-state index is 0.330. The quantitative estimate of drug-likeness (QED) is 0.713. The average molecular weight is 336 g/mol. The Balaban J connectivity index is 1.70. The minimum Gasteiger partial charge on any atom is -0.497 e. The number of nitrogens with zero attached hydrogens (tertiary/aromatic N) is 2. The van der Waals surface area contributed by atoms with Crippen LogP contribution < -0.4 is 20.5 Å². The van der Waals surface area contributed by atoms with E-state index in [-0.39, 0.29) is 0 Å². The monoisotopic (exact) mass is 336 g/mol. The second-order valence-corrected chi connectivity index (χ2v) is 5.56. The van der Waals surface area contributed by atoms with Crippen molar-refractivity contribution < 1.29 is 9.47 Å². The lowest BCUT2D eigenvalue weighted by molar-refractivity contribution is 0.414. The molecule has 0 fully saturated rings. The third-order valence-corrected chi connectivity index (χ3v) is 3.70. The van der Waals surface area contributed by atoms with Crippen LogP contribution in [0.25, 0.3) is 0 Å². The fourth-order valence-electron chi connectivity index (χ4n) is 2.25. The summed E-state index contributed by atoms with van der Waals surface area (Å²) in [6, 6.07) is 15.5. The van der Waals surface area contributed by atoms with Crippen LogP contribution in [0.15, 0.2) is 54.9 Å². The summed E-state index contributed by atoms with van der Waals surface area (Å²) in [6.07, 6.45) is 1.43. The van der Waals surface area contributed by atoms with E-state index in [0.29, 0.717) is 29.7 Å². The van der Waals surface area contributed by atoms with Crippen LogP contribution in [0.5, 0.6) is 17.4 Å². The number of nitrogens with one attached hydrogen (secondary N) is 1. The molecule has 0 atom stereocenters. The molecule has 0 saturated heterocycles. The molecule has 3 rings (SSSR count). The van der Waals surface area contributed by atoms with Gasteiger partial charge in [0.25, 0.3) is 0 Å². The van der Waals surface area contributed by atoms with Crippen LogP contribution in [0.4, 0.5) is 11.5 Å². The lowest BCUT2D eigenvalue weighted by Gasteiger charge is -2.12. The van der Waals surface area contributed by atoms with E-state index >= 15 is 0 Å². The van der Waals surface area contributed by atoms with Gasteiger partial charge in [-0.25, -0.2) is 4.98 Å². The Labute approximate surface area is 146 Å². The Kier molecular flexibility index (Phi) is 4.99. The van der Waals surface area contributed by atoms with Crippen molar-refractivity contribution in [2.75, 3.05) is 18.2 Å². The molecule has 0 aliphatic carbocycles. The van der Waals surface area contributed by atoms with Crippen molar-refractivity contribution in [3.63, 3.8) is 0 Å². The summed E-state index contributed by atoms with van der Waals surface area (Å²) in [5, 5.41) is 3.21. The van der Waals surface area contributed by atoms with E-state index < -0.39 is 0 Å². The van der Waals surface area contributed by atoms with Gasteiger partial charge in [0.05, 0.1) is 7.11 Å². The van der Waals surface area contributed by atoms with Gasteiger partial charge in [0.15, 0.2) is 5.82 Å². The third-order valence-electron chi connectivity index (χ3n) is 3.70. The number of methoxy groups -OCH3 is 1. The average Bonchev–Trinajstić information content (AvgIpc) is 2.64. The Hall–Kier alpha value is -3.28. The Morgan fingerprint density at radius 3 is 2.32 bits per heavy atom. The minimum absolute atomic E-state index is 0.330. The van der Waals surface area contributed by atoms with Gasteiger partial charge in [-0.2, -0.15) is 4.98 Å². The predicted octanol–water partition coefficient (Wildman–Crippen LogP) is 3.78. The normalized spacial score (nSPS) is 10.3. The molecular formula is C19H20N4O2. The van der Waals surface area contributed by atoms with Crippen molar-refractivity contribution >= 4 is 11.5 Å². The molecule has 0 saturated carbocycles. The summed E-state index contributed by atoms with van der Waals surface area (Å²) in [6.45, 7) is 2.60. The fourth-order valence-corrected chi connectivity index (χ4v) is 2.25. The zero-order valence-electron chi connectivity index (χ0n) is 14.2. The molecule has 0 radical (unpaired) electrons. The van der Waals surface area contributed by atoms with E-state index in [2.05, 4.69) is 15.3 Å². The van der Waals surface area contributed by atoms with Crippen LogP contribution in [0.3, 0.4) is 0 Å².